The van der Waals surface area contributed by atoms with Crippen LogP contribution in [0, 0.1) is 0 Å². The fraction of sp³-hybridized carbons (Fsp3) is 0.500. The Morgan fingerprint density at radius 2 is 2.17 bits per heavy atom. The Labute approximate surface area is 116 Å². The minimum Gasteiger partial charge on any atom is -0.495 e. The zero-order chi connectivity index (χ0) is 13.1. The highest BCUT2D eigenvalue weighted by Crippen LogP contribution is 2.38. The van der Waals surface area contributed by atoms with Gasteiger partial charge < -0.3 is 10.5 Å². The van der Waals surface area contributed by atoms with Gasteiger partial charge >= 0.3 is 0 Å². The number of aryl methyl sites for hydroxylation is 1. The predicted octanol–water partition coefficient (Wildman–Crippen LogP) is 2.87. The van der Waals surface area contributed by atoms with E-state index in [0.29, 0.717) is 24.3 Å². The van der Waals surface area contributed by atoms with Crippen LogP contribution in [0.2, 0.25) is 0 Å². The molecule has 1 aromatic rings. The highest BCUT2D eigenvalue weighted by atomic mass is 79.9. The molecule has 98 valence electrons. The van der Waals surface area contributed by atoms with E-state index in [2.05, 4.69) is 15.9 Å². The molecule has 0 radical (unpaired) electrons. The average Bonchev–Trinajstić information content (AvgIpc) is 2.39. The summed E-state index contributed by atoms with van der Waals surface area (Å²) in [5, 5.41) is 0. The largest absolute Gasteiger partial charge is 0.495 e. The predicted molar refractivity (Wildman–Crippen MR) is 75.3 cm³/mol. The summed E-state index contributed by atoms with van der Waals surface area (Å²) in [5.74, 6) is 0.720. The summed E-state index contributed by atoms with van der Waals surface area (Å²) in [5.41, 5.74) is 8.69. The lowest BCUT2D eigenvalue weighted by atomic mass is 9.89. The molecular formula is C14H18BrNO2. The van der Waals surface area contributed by atoms with Crippen molar-refractivity contribution in [3.05, 3.63) is 27.2 Å². The van der Waals surface area contributed by atoms with Crippen molar-refractivity contribution < 1.29 is 9.53 Å². The quantitative estimate of drug-likeness (QED) is 0.870. The Kier molecular flexibility index (Phi) is 4.40. The first kappa shape index (κ1) is 13.6. The van der Waals surface area contributed by atoms with Crippen LogP contribution >= 0.6 is 15.9 Å². The fourth-order valence-electron chi connectivity index (χ4n) is 2.51. The van der Waals surface area contributed by atoms with Gasteiger partial charge in [-0.15, -0.1) is 0 Å². The molecular weight excluding hydrogens is 294 g/mol. The fourth-order valence-corrected chi connectivity index (χ4v) is 3.33. The lowest BCUT2D eigenvalue weighted by Crippen LogP contribution is -2.13. The molecule has 0 saturated heterocycles. The van der Waals surface area contributed by atoms with Crippen molar-refractivity contribution in [3.63, 3.8) is 0 Å². The molecule has 0 heterocycles. The molecule has 0 amide bonds. The Morgan fingerprint density at radius 1 is 1.44 bits per heavy atom. The molecule has 18 heavy (non-hydrogen) atoms. The molecule has 2 rings (SSSR count). The first-order chi connectivity index (χ1) is 8.69. The lowest BCUT2D eigenvalue weighted by Gasteiger charge is -2.21. The highest BCUT2D eigenvalue weighted by Gasteiger charge is 2.22. The van der Waals surface area contributed by atoms with Crippen molar-refractivity contribution in [2.75, 3.05) is 13.7 Å². The number of hydrogen-bond donors (Lipinski definition) is 1. The lowest BCUT2D eigenvalue weighted by molar-refractivity contribution is 0.0982. The zero-order valence-corrected chi connectivity index (χ0v) is 12.2. The molecule has 0 unspecified atom stereocenters. The number of fused-ring (bicyclic) bond motifs is 1. The monoisotopic (exact) mass is 311 g/mol. The summed E-state index contributed by atoms with van der Waals surface area (Å²) in [7, 11) is 1.61. The van der Waals surface area contributed by atoms with Gasteiger partial charge in [-0.05, 0) is 65.4 Å². The maximum absolute atomic E-state index is 12.1. The second kappa shape index (κ2) is 5.85. The first-order valence-electron chi connectivity index (χ1n) is 6.30. The topological polar surface area (TPSA) is 52.3 Å². The minimum atomic E-state index is 0.0587. The molecule has 0 aliphatic heterocycles. The third-order valence-electron chi connectivity index (χ3n) is 3.41. The number of hydrogen-bond acceptors (Lipinski definition) is 3. The number of nitrogens with two attached hydrogens (primary N) is 1. The molecule has 4 heteroatoms. The standard InChI is InChI=1S/C14H18BrNO2/c1-18-14-11(12(17)6-7-16)8-9-4-2-3-5-10(9)13(14)15/h8H,2-7,16H2,1H3. The molecule has 3 nitrogen and oxygen atoms in total. The third kappa shape index (κ3) is 2.45. The number of ether oxygens (including phenoxy) is 1. The Morgan fingerprint density at radius 3 is 2.83 bits per heavy atom. The van der Waals surface area contributed by atoms with Crippen LogP contribution in [0.5, 0.6) is 5.75 Å². The van der Waals surface area contributed by atoms with Crippen LogP contribution in [0.3, 0.4) is 0 Å². The van der Waals surface area contributed by atoms with Gasteiger partial charge in [0.1, 0.15) is 5.75 Å². The van der Waals surface area contributed by atoms with Crippen molar-refractivity contribution >= 4 is 21.7 Å². The number of halogens is 1. The number of benzene rings is 1. The molecule has 0 spiro atoms. The summed E-state index contributed by atoms with van der Waals surface area (Å²) >= 11 is 3.59. The normalized spacial score (nSPS) is 14.2. The molecule has 2 N–H and O–H groups in total. The van der Waals surface area contributed by atoms with E-state index in [9.17, 15) is 4.79 Å². The van der Waals surface area contributed by atoms with Crippen LogP contribution in [0.25, 0.3) is 0 Å². The number of methoxy groups -OCH3 is 1. The van der Waals surface area contributed by atoms with Gasteiger partial charge in [0.05, 0.1) is 17.1 Å². The van der Waals surface area contributed by atoms with Crippen LogP contribution in [0.4, 0.5) is 0 Å². The van der Waals surface area contributed by atoms with E-state index in [-0.39, 0.29) is 5.78 Å². The average molecular weight is 312 g/mol. The van der Waals surface area contributed by atoms with Crippen LogP contribution in [-0.2, 0) is 12.8 Å². The van der Waals surface area contributed by atoms with E-state index in [1.165, 1.54) is 24.0 Å². The van der Waals surface area contributed by atoms with Crippen molar-refractivity contribution in [1.82, 2.24) is 0 Å². The van der Waals surface area contributed by atoms with Crippen LogP contribution < -0.4 is 10.5 Å². The summed E-state index contributed by atoms with van der Waals surface area (Å²) in [4.78, 5) is 12.1. The molecule has 0 bridgehead atoms. The van der Waals surface area contributed by atoms with Crippen LogP contribution in [0.15, 0.2) is 10.5 Å². The molecule has 0 saturated carbocycles. The van der Waals surface area contributed by atoms with Gasteiger partial charge in [0.2, 0.25) is 0 Å². The molecule has 0 aromatic heterocycles. The van der Waals surface area contributed by atoms with Gasteiger partial charge in [-0.2, -0.15) is 0 Å². The van der Waals surface area contributed by atoms with Crippen molar-refractivity contribution in [1.29, 1.82) is 0 Å². The molecule has 0 atom stereocenters. The second-order valence-corrected chi connectivity index (χ2v) is 5.37. The van der Waals surface area contributed by atoms with E-state index >= 15 is 0 Å². The van der Waals surface area contributed by atoms with Gasteiger partial charge in [0, 0.05) is 6.42 Å². The van der Waals surface area contributed by atoms with Gasteiger partial charge in [0.25, 0.3) is 0 Å². The zero-order valence-electron chi connectivity index (χ0n) is 10.6. The van der Waals surface area contributed by atoms with Gasteiger partial charge in [-0.1, -0.05) is 0 Å². The summed E-state index contributed by atoms with van der Waals surface area (Å²) in [6.07, 6.45) is 4.85. The van der Waals surface area contributed by atoms with Crippen molar-refractivity contribution in [2.45, 2.75) is 32.1 Å². The first-order valence-corrected chi connectivity index (χ1v) is 7.09. The molecule has 0 fully saturated rings. The maximum Gasteiger partial charge on any atom is 0.167 e. The Balaban J connectivity index is 2.52. The van der Waals surface area contributed by atoms with Gasteiger partial charge in [0.15, 0.2) is 5.78 Å². The number of ketones is 1. The number of carbonyl (C=O) groups is 1. The Bertz CT molecular complexity index is 471. The summed E-state index contributed by atoms with van der Waals surface area (Å²) in [6, 6.07) is 2.00. The van der Waals surface area contributed by atoms with Crippen LogP contribution in [0.1, 0.15) is 40.7 Å². The van der Waals surface area contributed by atoms with E-state index in [4.69, 9.17) is 10.5 Å². The third-order valence-corrected chi connectivity index (χ3v) is 4.25. The van der Waals surface area contributed by atoms with Gasteiger partial charge in [-0.25, -0.2) is 0 Å². The number of rotatable bonds is 4. The van der Waals surface area contributed by atoms with E-state index in [1.54, 1.807) is 7.11 Å². The SMILES string of the molecule is COc1c(C(=O)CCN)cc2c(c1Br)CCCC2. The minimum absolute atomic E-state index is 0.0587. The van der Waals surface area contributed by atoms with Gasteiger partial charge in [-0.3, -0.25) is 4.79 Å². The van der Waals surface area contributed by atoms with Crippen molar-refractivity contribution in [3.8, 4) is 5.75 Å². The number of carbonyl (C=O) groups excluding carboxylic acids is 1. The summed E-state index contributed by atoms with van der Waals surface area (Å²) < 4.78 is 6.35. The maximum atomic E-state index is 12.1. The van der Waals surface area contributed by atoms with Crippen molar-refractivity contribution in [2.24, 2.45) is 5.73 Å². The van der Waals surface area contributed by atoms with E-state index in [0.717, 1.165) is 17.3 Å². The smallest absolute Gasteiger partial charge is 0.167 e. The summed E-state index contributed by atoms with van der Waals surface area (Å²) in [6.45, 7) is 0.372. The highest BCUT2D eigenvalue weighted by molar-refractivity contribution is 9.10. The second-order valence-electron chi connectivity index (χ2n) is 4.58. The molecule has 1 aliphatic carbocycles. The molecule has 1 aliphatic rings. The van der Waals surface area contributed by atoms with Crippen LogP contribution in [-0.4, -0.2) is 19.4 Å². The van der Waals surface area contributed by atoms with E-state index < -0.39 is 0 Å². The molecule has 1 aromatic carbocycles. The number of Topliss-reactive ketones (excluding diaryl/α,β-unsaturated/α-hetero) is 1. The van der Waals surface area contributed by atoms with E-state index in [1.807, 2.05) is 6.07 Å². The Hall–Kier alpha value is -0.870.